The molecule has 1 aliphatic carbocycles. The first-order valence-corrected chi connectivity index (χ1v) is 18.2. The van der Waals surface area contributed by atoms with Crippen LogP contribution in [0.15, 0.2) is 66.9 Å². The molecular weight excluding hydrogens is 627 g/mol. The third-order valence-electron chi connectivity index (χ3n) is 8.16. The monoisotopic (exact) mass is 676 g/mol. The molecular formula is C37H49N4O4PS. The van der Waals surface area contributed by atoms with Gasteiger partial charge < -0.3 is 10.6 Å². The Morgan fingerprint density at radius 1 is 0.830 bits per heavy atom. The number of carbonyl (C=O) groups is 4. The molecule has 3 N–H and O–H groups in total. The number of pyridine rings is 1. The molecule has 2 fully saturated rings. The Morgan fingerprint density at radius 3 is 2.00 bits per heavy atom. The number of aromatic nitrogens is 1. The SMILES string of the molecule is CC(=O)NC(=O)c1cc(P)cnc1C.CC1CCSCC1.C[C@H](NC(=O)c1ccccc1C(=O)NC1CCCCC1)c1ccccc1. The lowest BCUT2D eigenvalue weighted by atomic mass is 9.95. The Morgan fingerprint density at radius 2 is 1.43 bits per heavy atom. The molecule has 5 rings (SSSR count). The van der Waals surface area contributed by atoms with Crippen LogP contribution in [0.1, 0.15) is 114 Å². The molecule has 1 saturated heterocycles. The van der Waals surface area contributed by atoms with Crippen molar-refractivity contribution in [2.24, 2.45) is 5.92 Å². The maximum atomic E-state index is 12.8. The summed E-state index contributed by atoms with van der Waals surface area (Å²) in [6.45, 7) is 7.31. The van der Waals surface area contributed by atoms with E-state index >= 15 is 0 Å². The van der Waals surface area contributed by atoms with Crippen molar-refractivity contribution in [3.8, 4) is 0 Å². The molecule has 10 heteroatoms. The quantitative estimate of drug-likeness (QED) is 0.255. The average Bonchev–Trinajstić information content (AvgIpc) is 3.07. The van der Waals surface area contributed by atoms with Crippen molar-refractivity contribution in [3.63, 3.8) is 0 Å². The van der Waals surface area contributed by atoms with Crippen LogP contribution in [0, 0.1) is 12.8 Å². The van der Waals surface area contributed by atoms with Gasteiger partial charge in [0.25, 0.3) is 17.7 Å². The molecule has 1 unspecified atom stereocenters. The minimum absolute atomic E-state index is 0.127. The van der Waals surface area contributed by atoms with Crippen LogP contribution in [0.4, 0.5) is 0 Å². The topological polar surface area (TPSA) is 117 Å². The molecule has 0 spiro atoms. The third-order valence-corrected chi connectivity index (χ3v) is 9.52. The molecule has 1 aromatic heterocycles. The molecule has 252 valence electrons. The molecule has 2 aliphatic rings. The van der Waals surface area contributed by atoms with Crippen molar-refractivity contribution in [2.75, 3.05) is 11.5 Å². The normalized spacial score (nSPS) is 15.4. The van der Waals surface area contributed by atoms with E-state index in [2.05, 4.69) is 48.9 Å². The highest BCUT2D eigenvalue weighted by molar-refractivity contribution is 7.99. The summed E-state index contributed by atoms with van der Waals surface area (Å²) >= 11 is 2.10. The van der Waals surface area contributed by atoms with E-state index in [0.29, 0.717) is 22.4 Å². The number of rotatable bonds is 6. The highest BCUT2D eigenvalue weighted by Gasteiger charge is 2.22. The summed E-state index contributed by atoms with van der Waals surface area (Å²) in [6, 6.07) is 18.6. The number of nitrogens with zero attached hydrogens (tertiary/aromatic N) is 1. The van der Waals surface area contributed by atoms with Crippen LogP contribution in [-0.2, 0) is 4.79 Å². The summed E-state index contributed by atoms with van der Waals surface area (Å²) in [5.41, 5.74) is 2.92. The zero-order valence-corrected chi connectivity index (χ0v) is 30.0. The van der Waals surface area contributed by atoms with E-state index in [9.17, 15) is 19.2 Å². The van der Waals surface area contributed by atoms with Gasteiger partial charge in [-0.3, -0.25) is 29.5 Å². The number of hydrogen-bond acceptors (Lipinski definition) is 6. The van der Waals surface area contributed by atoms with Crippen LogP contribution in [0.2, 0.25) is 0 Å². The van der Waals surface area contributed by atoms with E-state index in [1.807, 2.05) is 37.3 Å². The molecule has 47 heavy (non-hydrogen) atoms. The summed E-state index contributed by atoms with van der Waals surface area (Å²) in [6.07, 6.45) is 10.1. The summed E-state index contributed by atoms with van der Waals surface area (Å²) in [4.78, 5) is 51.6. The largest absolute Gasteiger partial charge is 0.349 e. The van der Waals surface area contributed by atoms with E-state index in [0.717, 1.165) is 42.5 Å². The molecule has 3 aromatic rings. The molecule has 0 radical (unpaired) electrons. The summed E-state index contributed by atoms with van der Waals surface area (Å²) in [5.74, 6) is 2.66. The second-order valence-electron chi connectivity index (χ2n) is 12.2. The van der Waals surface area contributed by atoms with E-state index in [1.165, 1.54) is 37.7 Å². The second-order valence-corrected chi connectivity index (χ2v) is 14.1. The van der Waals surface area contributed by atoms with Crippen LogP contribution >= 0.6 is 21.0 Å². The fourth-order valence-electron chi connectivity index (χ4n) is 5.31. The van der Waals surface area contributed by atoms with Gasteiger partial charge in [-0.25, -0.2) is 0 Å². The fraction of sp³-hybridized carbons (Fsp3) is 0.432. The van der Waals surface area contributed by atoms with Gasteiger partial charge in [-0.1, -0.05) is 68.7 Å². The molecule has 2 atom stereocenters. The third kappa shape index (κ3) is 13.2. The Kier molecular flexibility index (Phi) is 16.1. The number of amides is 4. The van der Waals surface area contributed by atoms with Gasteiger partial charge >= 0.3 is 0 Å². The van der Waals surface area contributed by atoms with Gasteiger partial charge in [-0.15, -0.1) is 9.24 Å². The van der Waals surface area contributed by atoms with Crippen molar-refractivity contribution < 1.29 is 19.2 Å². The first-order valence-electron chi connectivity index (χ1n) is 16.4. The van der Waals surface area contributed by atoms with E-state index in [4.69, 9.17) is 0 Å². The van der Waals surface area contributed by atoms with Crippen LogP contribution < -0.4 is 21.3 Å². The fourth-order valence-corrected chi connectivity index (χ4v) is 6.89. The lowest BCUT2D eigenvalue weighted by molar-refractivity contribution is -0.118. The predicted molar refractivity (Wildman–Crippen MR) is 195 cm³/mol. The van der Waals surface area contributed by atoms with Crippen molar-refractivity contribution >= 4 is 49.9 Å². The van der Waals surface area contributed by atoms with Crippen LogP contribution in [0.5, 0.6) is 0 Å². The van der Waals surface area contributed by atoms with Crippen LogP contribution in [0.3, 0.4) is 0 Å². The first kappa shape index (κ1) is 37.9. The first-order chi connectivity index (χ1) is 22.5. The second kappa shape index (κ2) is 20.0. The lowest BCUT2D eigenvalue weighted by Crippen LogP contribution is -2.37. The summed E-state index contributed by atoms with van der Waals surface area (Å²) < 4.78 is 0. The Labute approximate surface area is 286 Å². The van der Waals surface area contributed by atoms with Crippen molar-refractivity contribution in [2.45, 2.75) is 84.7 Å². The van der Waals surface area contributed by atoms with Gasteiger partial charge in [0.15, 0.2) is 0 Å². The zero-order valence-electron chi connectivity index (χ0n) is 28.0. The number of imide groups is 1. The standard InChI is InChI=1S/C22H26N2O2.C9H11N2O2P.C6H12S/c1-16(17-10-4-2-5-11-17)23-21(25)19-14-8-9-15-20(19)22(26)24-18-12-6-3-7-13-18;1-5-8(3-7(14)4-10-5)9(13)11-6(2)12;1-6-2-4-7-5-3-6/h2,4-5,8-11,14-16,18H,3,6-7,12-13H2,1H3,(H,23,25)(H,24,26);3-4H,14H2,1-2H3,(H,11,12,13);6H,2-5H2,1H3/t16-;;/m0../s1. The smallest absolute Gasteiger partial charge is 0.259 e. The molecule has 0 bridgehead atoms. The van der Waals surface area contributed by atoms with Crippen LogP contribution in [-0.4, -0.2) is 46.2 Å². The van der Waals surface area contributed by atoms with Gasteiger partial charge in [-0.05, 0) is 86.0 Å². The molecule has 1 aliphatic heterocycles. The van der Waals surface area contributed by atoms with Gasteiger partial charge in [-0.2, -0.15) is 11.8 Å². The summed E-state index contributed by atoms with van der Waals surface area (Å²) in [5, 5.41) is 9.10. The number of hydrogen-bond donors (Lipinski definition) is 3. The minimum Gasteiger partial charge on any atom is -0.349 e. The number of nitrogens with one attached hydrogen (secondary N) is 3. The van der Waals surface area contributed by atoms with E-state index in [1.54, 1.807) is 43.5 Å². The molecule has 4 amide bonds. The van der Waals surface area contributed by atoms with Gasteiger partial charge in [0, 0.05) is 19.2 Å². The Balaban J connectivity index is 0.000000237. The van der Waals surface area contributed by atoms with Crippen LogP contribution in [0.25, 0.3) is 0 Å². The van der Waals surface area contributed by atoms with Crippen molar-refractivity contribution in [3.05, 3.63) is 94.8 Å². The number of aryl methyl sites for hydroxylation is 1. The molecule has 2 aromatic carbocycles. The van der Waals surface area contributed by atoms with E-state index in [-0.39, 0.29) is 29.8 Å². The lowest BCUT2D eigenvalue weighted by Gasteiger charge is -2.23. The van der Waals surface area contributed by atoms with Crippen molar-refractivity contribution in [1.82, 2.24) is 20.9 Å². The van der Waals surface area contributed by atoms with Crippen molar-refractivity contribution in [1.29, 1.82) is 0 Å². The highest BCUT2D eigenvalue weighted by atomic mass is 32.2. The predicted octanol–water partition coefficient (Wildman–Crippen LogP) is 6.56. The zero-order chi connectivity index (χ0) is 34.2. The maximum absolute atomic E-state index is 12.8. The number of benzene rings is 2. The van der Waals surface area contributed by atoms with Gasteiger partial charge in [0.05, 0.1) is 28.4 Å². The molecule has 2 heterocycles. The Bertz CT molecular complexity index is 1470. The highest BCUT2D eigenvalue weighted by Crippen LogP contribution is 2.21. The van der Waals surface area contributed by atoms with Gasteiger partial charge in [0.1, 0.15) is 0 Å². The van der Waals surface area contributed by atoms with Gasteiger partial charge in [0.2, 0.25) is 5.91 Å². The molecule has 8 nitrogen and oxygen atoms in total. The number of carbonyl (C=O) groups excluding carboxylic acids is 4. The number of thioether (sulfide) groups is 1. The molecule has 1 saturated carbocycles. The minimum atomic E-state index is -0.410. The Hall–Kier alpha value is -3.55. The summed E-state index contributed by atoms with van der Waals surface area (Å²) in [7, 11) is 2.45. The average molecular weight is 677 g/mol. The maximum Gasteiger partial charge on any atom is 0.259 e. The van der Waals surface area contributed by atoms with E-state index < -0.39 is 5.91 Å².